The van der Waals surface area contributed by atoms with Crippen molar-refractivity contribution in [3.05, 3.63) is 23.5 Å². The molecule has 0 amide bonds. The van der Waals surface area contributed by atoms with Crippen LogP contribution in [-0.4, -0.2) is 22.8 Å². The molecule has 4 nitrogen and oxygen atoms in total. The number of hydrogen-bond acceptors (Lipinski definition) is 5. The Bertz CT molecular complexity index is 501. The van der Waals surface area contributed by atoms with Crippen LogP contribution < -0.4 is 0 Å². The lowest BCUT2D eigenvalue weighted by Gasteiger charge is -2.19. The second kappa shape index (κ2) is 6.58. The molecular weight excluding hydrogens is 260 g/mol. The van der Waals surface area contributed by atoms with Gasteiger partial charge in [-0.25, -0.2) is 4.98 Å². The highest BCUT2D eigenvalue weighted by Gasteiger charge is 2.16. The number of aryl methyl sites for hydroxylation is 1. The highest BCUT2D eigenvalue weighted by atomic mass is 32.2. The Hall–Kier alpha value is -1.54. The van der Waals surface area contributed by atoms with Crippen molar-refractivity contribution in [1.29, 1.82) is 5.26 Å². The second-order valence-corrected chi connectivity index (χ2v) is 5.96. The van der Waals surface area contributed by atoms with E-state index in [9.17, 15) is 4.79 Å². The van der Waals surface area contributed by atoms with Crippen molar-refractivity contribution < 1.29 is 9.53 Å². The van der Waals surface area contributed by atoms with Gasteiger partial charge in [0.25, 0.3) is 0 Å². The molecule has 0 aliphatic rings. The fourth-order valence-electron chi connectivity index (χ4n) is 1.49. The van der Waals surface area contributed by atoms with Gasteiger partial charge in [-0.2, -0.15) is 5.26 Å². The normalized spacial score (nSPS) is 10.9. The Balaban J connectivity index is 2.68. The van der Waals surface area contributed by atoms with Crippen molar-refractivity contribution in [2.45, 2.75) is 44.1 Å². The molecular formula is C14H18N2O2S. The monoisotopic (exact) mass is 278 g/mol. The van der Waals surface area contributed by atoms with Crippen LogP contribution in [0.25, 0.3) is 0 Å². The Labute approximate surface area is 118 Å². The average molecular weight is 278 g/mol. The summed E-state index contributed by atoms with van der Waals surface area (Å²) in [6.45, 7) is 5.52. The molecule has 0 saturated heterocycles. The van der Waals surface area contributed by atoms with E-state index in [0.717, 1.165) is 10.6 Å². The van der Waals surface area contributed by atoms with Crippen LogP contribution in [0.15, 0.2) is 17.0 Å². The lowest BCUT2D eigenvalue weighted by molar-refractivity contribution is -0.154. The maximum absolute atomic E-state index is 11.6. The third kappa shape index (κ3) is 5.75. The zero-order valence-electron chi connectivity index (χ0n) is 11.7. The molecule has 0 unspecified atom stereocenters. The lowest BCUT2D eigenvalue weighted by atomic mass is 10.1. The number of hydrogen-bond donors (Lipinski definition) is 0. The fraction of sp³-hybridized carbons (Fsp3) is 0.500. The van der Waals surface area contributed by atoms with E-state index in [-0.39, 0.29) is 12.4 Å². The summed E-state index contributed by atoms with van der Waals surface area (Å²) < 4.78 is 5.24. The first-order chi connectivity index (χ1) is 8.84. The van der Waals surface area contributed by atoms with Gasteiger partial charge in [0.1, 0.15) is 17.4 Å². The first-order valence-electron chi connectivity index (χ1n) is 6.01. The standard InChI is InChI=1S/C14H18N2O2S/c1-14(2,3)18-13(17)6-5-10-7-12(19-4)8-11(9-15)16-10/h7-8H,5-6H2,1-4H3. The highest BCUT2D eigenvalue weighted by Crippen LogP contribution is 2.18. The number of aromatic nitrogens is 1. The van der Waals surface area contributed by atoms with Gasteiger partial charge in [0, 0.05) is 17.0 Å². The van der Waals surface area contributed by atoms with Gasteiger partial charge >= 0.3 is 5.97 Å². The quantitative estimate of drug-likeness (QED) is 0.626. The fourth-order valence-corrected chi connectivity index (χ4v) is 1.97. The SMILES string of the molecule is CSc1cc(C#N)nc(CCC(=O)OC(C)(C)C)c1. The van der Waals surface area contributed by atoms with Crippen molar-refractivity contribution in [3.63, 3.8) is 0 Å². The molecule has 1 aromatic rings. The molecule has 0 N–H and O–H groups in total. The van der Waals surface area contributed by atoms with Crippen LogP contribution in [-0.2, 0) is 16.0 Å². The number of nitriles is 1. The molecule has 0 aliphatic carbocycles. The molecule has 102 valence electrons. The van der Waals surface area contributed by atoms with Crippen LogP contribution in [0.3, 0.4) is 0 Å². The third-order valence-corrected chi connectivity index (χ3v) is 2.91. The van der Waals surface area contributed by atoms with Gasteiger partial charge in [-0.3, -0.25) is 4.79 Å². The summed E-state index contributed by atoms with van der Waals surface area (Å²) in [5, 5.41) is 8.90. The molecule has 1 aromatic heterocycles. The summed E-state index contributed by atoms with van der Waals surface area (Å²) in [6.07, 6.45) is 2.69. The molecule has 0 aliphatic heterocycles. The minimum atomic E-state index is -0.469. The first kappa shape index (κ1) is 15.5. The van der Waals surface area contributed by atoms with Crippen molar-refractivity contribution in [1.82, 2.24) is 4.98 Å². The molecule has 0 aromatic carbocycles. The first-order valence-corrected chi connectivity index (χ1v) is 7.23. The van der Waals surface area contributed by atoms with Crippen LogP contribution in [0, 0.1) is 11.3 Å². The Morgan fingerprint density at radius 3 is 2.68 bits per heavy atom. The van der Waals surface area contributed by atoms with Crippen molar-refractivity contribution in [2.75, 3.05) is 6.26 Å². The van der Waals surface area contributed by atoms with E-state index in [2.05, 4.69) is 4.98 Å². The maximum Gasteiger partial charge on any atom is 0.306 e. The lowest BCUT2D eigenvalue weighted by Crippen LogP contribution is -2.24. The van der Waals surface area contributed by atoms with Crippen LogP contribution >= 0.6 is 11.8 Å². The summed E-state index contributed by atoms with van der Waals surface area (Å²) in [6, 6.07) is 5.66. The third-order valence-electron chi connectivity index (χ3n) is 2.21. The predicted octanol–water partition coefficient (Wildman–Crippen LogP) is 2.95. The van der Waals surface area contributed by atoms with Crippen molar-refractivity contribution >= 4 is 17.7 Å². The number of ether oxygens (including phenoxy) is 1. The Morgan fingerprint density at radius 2 is 2.16 bits per heavy atom. The summed E-state index contributed by atoms with van der Waals surface area (Å²) in [7, 11) is 0. The van der Waals surface area contributed by atoms with Crippen LogP contribution in [0.4, 0.5) is 0 Å². The molecule has 0 radical (unpaired) electrons. The van der Waals surface area contributed by atoms with Gasteiger partial charge in [0.05, 0.1) is 6.42 Å². The summed E-state index contributed by atoms with van der Waals surface area (Å²) >= 11 is 1.55. The highest BCUT2D eigenvalue weighted by molar-refractivity contribution is 7.98. The molecule has 1 rings (SSSR count). The van der Waals surface area contributed by atoms with Gasteiger partial charge in [0.2, 0.25) is 0 Å². The molecule has 5 heteroatoms. The van der Waals surface area contributed by atoms with E-state index >= 15 is 0 Å². The second-order valence-electron chi connectivity index (χ2n) is 5.08. The zero-order chi connectivity index (χ0) is 14.5. The number of nitrogens with zero attached hydrogens (tertiary/aromatic N) is 2. The number of carbonyl (C=O) groups excluding carboxylic acids is 1. The van der Waals surface area contributed by atoms with E-state index < -0.39 is 5.60 Å². The Kier molecular flexibility index (Phi) is 5.37. The topological polar surface area (TPSA) is 63.0 Å². The summed E-state index contributed by atoms with van der Waals surface area (Å²) in [5.41, 5.74) is 0.656. The maximum atomic E-state index is 11.6. The van der Waals surface area contributed by atoms with Crippen molar-refractivity contribution in [2.24, 2.45) is 0 Å². The predicted molar refractivity (Wildman–Crippen MR) is 74.9 cm³/mol. The number of esters is 1. The van der Waals surface area contributed by atoms with Gasteiger partial charge in [-0.05, 0) is 39.2 Å². The van der Waals surface area contributed by atoms with E-state index in [0.29, 0.717) is 12.1 Å². The molecule has 0 fully saturated rings. The van der Waals surface area contributed by atoms with Gasteiger partial charge in [-0.1, -0.05) is 0 Å². The number of carbonyl (C=O) groups is 1. The van der Waals surface area contributed by atoms with Crippen LogP contribution in [0.1, 0.15) is 38.6 Å². The largest absolute Gasteiger partial charge is 0.460 e. The van der Waals surface area contributed by atoms with E-state index in [1.807, 2.05) is 39.2 Å². The van der Waals surface area contributed by atoms with E-state index in [1.165, 1.54) is 0 Å². The van der Waals surface area contributed by atoms with E-state index in [4.69, 9.17) is 10.00 Å². The van der Waals surface area contributed by atoms with Gasteiger partial charge in [0.15, 0.2) is 0 Å². The van der Waals surface area contributed by atoms with Crippen LogP contribution in [0.2, 0.25) is 0 Å². The minimum absolute atomic E-state index is 0.248. The number of thioether (sulfide) groups is 1. The molecule has 0 atom stereocenters. The smallest absolute Gasteiger partial charge is 0.306 e. The summed E-state index contributed by atoms with van der Waals surface area (Å²) in [4.78, 5) is 16.8. The van der Waals surface area contributed by atoms with E-state index in [1.54, 1.807) is 17.8 Å². The molecule has 0 saturated carbocycles. The van der Waals surface area contributed by atoms with Gasteiger partial charge in [-0.15, -0.1) is 11.8 Å². The molecule has 19 heavy (non-hydrogen) atoms. The molecule has 0 bridgehead atoms. The van der Waals surface area contributed by atoms with Gasteiger partial charge < -0.3 is 4.74 Å². The number of pyridine rings is 1. The number of rotatable bonds is 4. The average Bonchev–Trinajstić information content (AvgIpc) is 2.33. The Morgan fingerprint density at radius 1 is 1.47 bits per heavy atom. The van der Waals surface area contributed by atoms with Crippen molar-refractivity contribution in [3.8, 4) is 6.07 Å². The molecule has 0 spiro atoms. The summed E-state index contributed by atoms with van der Waals surface area (Å²) in [5.74, 6) is -0.248. The zero-order valence-corrected chi connectivity index (χ0v) is 12.5. The van der Waals surface area contributed by atoms with Crippen LogP contribution in [0.5, 0.6) is 0 Å². The minimum Gasteiger partial charge on any atom is -0.460 e. The molecule has 1 heterocycles.